The molecule has 82 valence electrons. The number of aromatic nitrogens is 1. The van der Waals surface area contributed by atoms with Crippen LogP contribution in [0.5, 0.6) is 0 Å². The van der Waals surface area contributed by atoms with Crippen LogP contribution in [0.4, 0.5) is 0 Å². The van der Waals surface area contributed by atoms with Crippen LogP contribution in [0.2, 0.25) is 0 Å². The molecule has 7 heteroatoms. The fourth-order valence-electron chi connectivity index (χ4n) is 0.587. The van der Waals surface area contributed by atoms with Gasteiger partial charge in [0.2, 0.25) is 0 Å². The second kappa shape index (κ2) is 7.42. The van der Waals surface area contributed by atoms with Crippen LogP contribution in [0.25, 0.3) is 0 Å². The maximum Gasteiger partial charge on any atom is 0.317 e. The van der Waals surface area contributed by atoms with E-state index in [0.29, 0.717) is 5.56 Å². The fourth-order valence-corrected chi connectivity index (χ4v) is 0.587. The topological polar surface area (TPSA) is 131 Å². The lowest BCUT2D eigenvalue weighted by atomic mass is 10.3. The molecule has 0 fully saturated rings. The van der Waals surface area contributed by atoms with Gasteiger partial charge in [-0.15, -0.1) is 0 Å². The van der Waals surface area contributed by atoms with E-state index in [-0.39, 0.29) is 12.5 Å². The Morgan fingerprint density at radius 2 is 1.87 bits per heavy atom. The molecule has 0 aromatic carbocycles. The molecule has 15 heavy (non-hydrogen) atoms. The predicted molar refractivity (Wildman–Crippen MR) is 52.6 cm³/mol. The number of nitrogens with zero attached hydrogens (tertiary/aromatic N) is 1. The molecule has 1 rings (SSSR count). The molecule has 0 atom stereocenters. The predicted octanol–water partition coefficient (Wildman–Crippen LogP) is -1.29. The highest BCUT2D eigenvalue weighted by Crippen LogP contribution is 1.93. The Kier molecular flexibility index (Phi) is 6.43. The summed E-state index contributed by atoms with van der Waals surface area (Å²) in [5, 5.41) is 7.60. The third-order valence-corrected chi connectivity index (χ3v) is 1.25. The van der Waals surface area contributed by atoms with Gasteiger partial charge in [-0.2, -0.15) is 0 Å². The first kappa shape index (κ1) is 13.0. The Balaban J connectivity index is 0.000000336. The summed E-state index contributed by atoms with van der Waals surface area (Å²) in [6.45, 7) is -0.278. The van der Waals surface area contributed by atoms with Crippen LogP contribution in [-0.4, -0.2) is 28.5 Å². The molecule has 0 saturated carbocycles. The first-order valence-corrected chi connectivity index (χ1v) is 3.94. The van der Waals surface area contributed by atoms with Gasteiger partial charge < -0.3 is 10.8 Å². The van der Waals surface area contributed by atoms with Crippen molar-refractivity contribution in [1.29, 1.82) is 0 Å². The van der Waals surface area contributed by atoms with Gasteiger partial charge in [0.25, 0.3) is 5.91 Å². The lowest BCUT2D eigenvalue weighted by molar-refractivity contribution is -0.135. The molecule has 0 spiro atoms. The molecule has 0 bridgehead atoms. The number of carbonyl (C=O) groups is 2. The molecule has 0 unspecified atom stereocenters. The zero-order valence-corrected chi connectivity index (χ0v) is 7.88. The second-order valence-corrected chi connectivity index (χ2v) is 2.31. The fraction of sp³-hybridized carbons (Fsp3) is 0.125. The summed E-state index contributed by atoms with van der Waals surface area (Å²) in [5.41, 5.74) is 7.10. The number of hydrogen-bond donors (Lipinski definition) is 4. The quantitative estimate of drug-likeness (QED) is 0.274. The van der Waals surface area contributed by atoms with E-state index in [4.69, 9.17) is 10.9 Å². The SMILES string of the molecule is NCC(=O)O.NNC(=O)c1ccncc1. The number of hydrogen-bond acceptors (Lipinski definition) is 5. The number of nitrogens with one attached hydrogen (secondary N) is 1. The van der Waals surface area contributed by atoms with Crippen molar-refractivity contribution >= 4 is 11.9 Å². The number of hydrazine groups is 1. The van der Waals surface area contributed by atoms with Crippen LogP contribution in [-0.2, 0) is 4.79 Å². The smallest absolute Gasteiger partial charge is 0.317 e. The Hall–Kier alpha value is -1.99. The first-order valence-electron chi connectivity index (χ1n) is 3.94. The van der Waals surface area contributed by atoms with Crippen molar-refractivity contribution < 1.29 is 14.7 Å². The van der Waals surface area contributed by atoms with E-state index < -0.39 is 5.97 Å². The number of nitrogen functional groups attached to an aromatic ring is 1. The third kappa shape index (κ3) is 6.13. The van der Waals surface area contributed by atoms with E-state index in [1.54, 1.807) is 12.1 Å². The van der Waals surface area contributed by atoms with E-state index in [1.165, 1.54) is 12.4 Å². The van der Waals surface area contributed by atoms with Crippen LogP contribution in [0.15, 0.2) is 24.5 Å². The van der Waals surface area contributed by atoms with Gasteiger partial charge in [-0.1, -0.05) is 0 Å². The van der Waals surface area contributed by atoms with Crippen molar-refractivity contribution in [2.75, 3.05) is 6.54 Å². The van der Waals surface area contributed by atoms with E-state index in [9.17, 15) is 9.59 Å². The molecule has 1 amide bonds. The second-order valence-electron chi connectivity index (χ2n) is 2.31. The van der Waals surface area contributed by atoms with Crippen molar-refractivity contribution in [1.82, 2.24) is 10.4 Å². The van der Waals surface area contributed by atoms with Crippen LogP contribution >= 0.6 is 0 Å². The normalized spacial score (nSPS) is 8.40. The number of rotatable bonds is 2. The molecule has 1 heterocycles. The Bertz CT molecular complexity index is 315. The first-order chi connectivity index (χ1) is 7.11. The lowest BCUT2D eigenvalue weighted by Crippen LogP contribution is -2.29. The Morgan fingerprint density at radius 3 is 2.20 bits per heavy atom. The summed E-state index contributed by atoms with van der Waals surface area (Å²) < 4.78 is 0. The number of carboxylic acid groups (broad SMARTS) is 1. The minimum absolute atomic E-state index is 0.278. The summed E-state index contributed by atoms with van der Waals surface area (Å²) >= 11 is 0. The summed E-state index contributed by atoms with van der Waals surface area (Å²) in [4.78, 5) is 23.7. The standard InChI is InChI=1S/C6H7N3O.C2H5NO2/c7-9-6(10)5-1-3-8-4-2-5;3-1-2(4)5/h1-4H,7H2,(H,9,10);1,3H2,(H,4,5). The van der Waals surface area contributed by atoms with Crippen LogP contribution in [0, 0.1) is 0 Å². The minimum Gasteiger partial charge on any atom is -0.480 e. The minimum atomic E-state index is -0.968. The van der Waals surface area contributed by atoms with Gasteiger partial charge in [-0.3, -0.25) is 20.0 Å². The molecule has 0 aliphatic rings. The van der Waals surface area contributed by atoms with Crippen molar-refractivity contribution in [2.24, 2.45) is 11.6 Å². The van der Waals surface area contributed by atoms with Gasteiger partial charge in [0, 0.05) is 18.0 Å². The maximum absolute atomic E-state index is 10.7. The molecule has 1 aromatic heterocycles. The van der Waals surface area contributed by atoms with Crippen molar-refractivity contribution in [3.05, 3.63) is 30.1 Å². The number of nitrogens with two attached hydrogens (primary N) is 2. The van der Waals surface area contributed by atoms with Gasteiger partial charge in [-0.05, 0) is 12.1 Å². The molecular formula is C8H12N4O3. The zero-order chi connectivity index (χ0) is 11.7. The molecule has 6 N–H and O–H groups in total. The highest BCUT2D eigenvalue weighted by molar-refractivity contribution is 5.93. The lowest BCUT2D eigenvalue weighted by Gasteiger charge is -1.95. The van der Waals surface area contributed by atoms with Crippen molar-refractivity contribution in [3.8, 4) is 0 Å². The van der Waals surface area contributed by atoms with Crippen LogP contribution in [0.3, 0.4) is 0 Å². The molecule has 0 aliphatic heterocycles. The average Bonchev–Trinajstić information content (AvgIpc) is 2.30. The average molecular weight is 212 g/mol. The molecule has 1 aromatic rings. The van der Waals surface area contributed by atoms with E-state index >= 15 is 0 Å². The summed E-state index contributed by atoms with van der Waals surface area (Å²) in [5.74, 6) is 3.61. The van der Waals surface area contributed by atoms with Crippen molar-refractivity contribution in [3.63, 3.8) is 0 Å². The third-order valence-electron chi connectivity index (χ3n) is 1.25. The van der Waals surface area contributed by atoms with Gasteiger partial charge in [0.05, 0.1) is 6.54 Å². The Labute approximate surface area is 86.1 Å². The van der Waals surface area contributed by atoms with Gasteiger partial charge in [0.1, 0.15) is 0 Å². The maximum atomic E-state index is 10.7. The number of pyridine rings is 1. The van der Waals surface area contributed by atoms with Gasteiger partial charge in [0.15, 0.2) is 0 Å². The van der Waals surface area contributed by atoms with E-state index in [2.05, 4.69) is 10.7 Å². The molecule has 7 nitrogen and oxygen atoms in total. The van der Waals surface area contributed by atoms with Gasteiger partial charge >= 0.3 is 5.97 Å². The number of amides is 1. The van der Waals surface area contributed by atoms with E-state index in [0.717, 1.165) is 0 Å². The summed E-state index contributed by atoms with van der Waals surface area (Å²) in [7, 11) is 0. The highest BCUT2D eigenvalue weighted by atomic mass is 16.4. The number of carboxylic acids is 1. The number of aliphatic carboxylic acids is 1. The van der Waals surface area contributed by atoms with Crippen LogP contribution < -0.4 is 17.0 Å². The molecule has 0 saturated heterocycles. The molecule has 0 radical (unpaired) electrons. The molecular weight excluding hydrogens is 200 g/mol. The summed E-state index contributed by atoms with van der Waals surface area (Å²) in [6, 6.07) is 3.17. The monoisotopic (exact) mass is 212 g/mol. The highest BCUT2D eigenvalue weighted by Gasteiger charge is 1.98. The largest absolute Gasteiger partial charge is 0.480 e. The summed E-state index contributed by atoms with van der Waals surface area (Å²) in [6.07, 6.45) is 3.06. The van der Waals surface area contributed by atoms with Crippen LogP contribution in [0.1, 0.15) is 10.4 Å². The van der Waals surface area contributed by atoms with Crippen molar-refractivity contribution in [2.45, 2.75) is 0 Å². The molecule has 0 aliphatic carbocycles. The Morgan fingerprint density at radius 1 is 1.40 bits per heavy atom. The zero-order valence-electron chi connectivity index (χ0n) is 7.88. The number of carbonyl (C=O) groups excluding carboxylic acids is 1. The van der Waals surface area contributed by atoms with Gasteiger partial charge in [-0.25, -0.2) is 5.84 Å². The van der Waals surface area contributed by atoms with E-state index in [1.807, 2.05) is 5.43 Å².